The molecule has 0 spiro atoms. The molecule has 150 valence electrons. The number of nitrogens with one attached hydrogen (secondary N) is 1. The normalized spacial score (nSPS) is 17.8. The molecule has 0 saturated carbocycles. The Morgan fingerprint density at radius 2 is 2.04 bits per heavy atom. The predicted octanol–water partition coefficient (Wildman–Crippen LogP) is 1.53. The number of amides is 2. The maximum Gasteiger partial charge on any atom is 0.317 e. The molecule has 0 radical (unpaired) electrons. The van der Waals surface area contributed by atoms with E-state index >= 15 is 0 Å². The van der Waals surface area contributed by atoms with Crippen LogP contribution in [0, 0.1) is 5.82 Å². The molecule has 8 heteroatoms. The van der Waals surface area contributed by atoms with Crippen LogP contribution >= 0.6 is 0 Å². The Morgan fingerprint density at radius 1 is 1.37 bits per heavy atom. The van der Waals surface area contributed by atoms with E-state index in [1.54, 1.807) is 29.0 Å². The fourth-order valence-corrected chi connectivity index (χ4v) is 3.07. The first-order valence-corrected chi connectivity index (χ1v) is 8.98. The third kappa shape index (κ3) is 6.48. The van der Waals surface area contributed by atoms with Gasteiger partial charge >= 0.3 is 12.0 Å². The summed E-state index contributed by atoms with van der Waals surface area (Å²) in [6.07, 6.45) is -0.223. The lowest BCUT2D eigenvalue weighted by molar-refractivity contribution is -0.138. The number of ether oxygens (including phenoxy) is 1. The minimum Gasteiger partial charge on any atom is -0.480 e. The van der Waals surface area contributed by atoms with E-state index in [2.05, 4.69) is 5.32 Å². The van der Waals surface area contributed by atoms with Gasteiger partial charge in [0.25, 0.3) is 0 Å². The number of benzene rings is 1. The van der Waals surface area contributed by atoms with Gasteiger partial charge in [0, 0.05) is 31.6 Å². The molecule has 1 fully saturated rings. The van der Waals surface area contributed by atoms with Crippen molar-refractivity contribution in [1.29, 1.82) is 0 Å². The number of hydrogen-bond acceptors (Lipinski definition) is 4. The molecule has 1 aliphatic rings. The molecule has 1 aromatic carbocycles. The highest BCUT2D eigenvalue weighted by molar-refractivity contribution is 5.74. The standard InChI is InChI=1S/C19H28FN3O4/c1-19(2,14-4-6-15(20)7-5-14)13-21-18(26)23-8-9-27-16(11-23)10-22(3)12-17(24)25/h4-7,16H,8-13H2,1-3H3,(H,21,26)(H,24,25). The van der Waals surface area contributed by atoms with Crippen molar-refractivity contribution in [3.8, 4) is 0 Å². The first-order chi connectivity index (χ1) is 12.7. The van der Waals surface area contributed by atoms with Gasteiger partial charge in [-0.25, -0.2) is 9.18 Å². The first-order valence-electron chi connectivity index (χ1n) is 8.98. The Bertz CT molecular complexity index is 651. The van der Waals surface area contributed by atoms with Crippen LogP contribution in [0.2, 0.25) is 0 Å². The number of morpholine rings is 1. The number of carbonyl (C=O) groups is 2. The van der Waals surface area contributed by atoms with Crippen molar-refractivity contribution in [3.63, 3.8) is 0 Å². The van der Waals surface area contributed by atoms with Crippen LogP contribution in [0.5, 0.6) is 0 Å². The average Bonchev–Trinajstić information content (AvgIpc) is 2.59. The second kappa shape index (κ2) is 9.14. The number of halogens is 1. The van der Waals surface area contributed by atoms with Gasteiger partial charge in [-0.1, -0.05) is 26.0 Å². The van der Waals surface area contributed by atoms with E-state index in [-0.39, 0.29) is 29.9 Å². The Balaban J connectivity index is 1.85. The zero-order chi connectivity index (χ0) is 20.0. The lowest BCUT2D eigenvalue weighted by atomic mass is 9.84. The fourth-order valence-electron chi connectivity index (χ4n) is 3.07. The number of nitrogens with zero attached hydrogens (tertiary/aromatic N) is 2. The quantitative estimate of drug-likeness (QED) is 0.749. The van der Waals surface area contributed by atoms with Crippen LogP contribution < -0.4 is 5.32 Å². The summed E-state index contributed by atoms with van der Waals surface area (Å²) in [6.45, 7) is 6.08. The van der Waals surface area contributed by atoms with Gasteiger partial charge in [0.15, 0.2) is 0 Å². The lowest BCUT2D eigenvalue weighted by Gasteiger charge is -2.35. The highest BCUT2D eigenvalue weighted by Crippen LogP contribution is 2.22. The van der Waals surface area contributed by atoms with Crippen molar-refractivity contribution in [2.45, 2.75) is 25.4 Å². The van der Waals surface area contributed by atoms with E-state index in [1.165, 1.54) is 12.1 Å². The average molecular weight is 381 g/mol. The molecule has 1 aliphatic heterocycles. The summed E-state index contributed by atoms with van der Waals surface area (Å²) in [7, 11) is 1.71. The van der Waals surface area contributed by atoms with Crippen molar-refractivity contribution >= 4 is 12.0 Å². The van der Waals surface area contributed by atoms with Crippen molar-refractivity contribution in [3.05, 3.63) is 35.6 Å². The van der Waals surface area contributed by atoms with E-state index < -0.39 is 5.97 Å². The van der Waals surface area contributed by atoms with Crippen LogP contribution in [0.4, 0.5) is 9.18 Å². The SMILES string of the molecule is CN(CC(=O)O)CC1CN(C(=O)NCC(C)(C)c2ccc(F)cc2)CCO1. The largest absolute Gasteiger partial charge is 0.480 e. The van der Waals surface area contributed by atoms with Crippen molar-refractivity contribution in [2.24, 2.45) is 0 Å². The van der Waals surface area contributed by atoms with E-state index in [1.807, 2.05) is 13.8 Å². The molecule has 2 rings (SSSR count). The number of likely N-dealkylation sites (N-methyl/N-ethyl adjacent to an activating group) is 1. The van der Waals surface area contributed by atoms with E-state index in [0.29, 0.717) is 32.8 Å². The molecule has 0 bridgehead atoms. The number of carboxylic acid groups (broad SMARTS) is 1. The van der Waals surface area contributed by atoms with Crippen molar-refractivity contribution in [1.82, 2.24) is 15.1 Å². The summed E-state index contributed by atoms with van der Waals surface area (Å²) in [5.41, 5.74) is 0.607. The highest BCUT2D eigenvalue weighted by atomic mass is 19.1. The minimum absolute atomic E-state index is 0.0715. The van der Waals surface area contributed by atoms with Gasteiger partial charge in [0.05, 0.1) is 19.3 Å². The molecule has 1 heterocycles. The Hall–Kier alpha value is -2.19. The van der Waals surface area contributed by atoms with Crippen LogP contribution in [-0.2, 0) is 14.9 Å². The summed E-state index contributed by atoms with van der Waals surface area (Å²) in [4.78, 5) is 26.6. The third-order valence-electron chi connectivity index (χ3n) is 4.65. The second-order valence-electron chi connectivity index (χ2n) is 7.58. The number of aliphatic carboxylic acids is 1. The zero-order valence-corrected chi connectivity index (χ0v) is 16.1. The maximum atomic E-state index is 13.1. The first kappa shape index (κ1) is 21.1. The molecule has 2 N–H and O–H groups in total. The molecule has 1 atom stereocenters. The summed E-state index contributed by atoms with van der Waals surface area (Å²) < 4.78 is 18.7. The van der Waals surface area contributed by atoms with Gasteiger partial charge in [0.2, 0.25) is 0 Å². The van der Waals surface area contributed by atoms with E-state index in [9.17, 15) is 14.0 Å². The maximum absolute atomic E-state index is 13.1. The van der Waals surface area contributed by atoms with Crippen molar-refractivity contribution < 1.29 is 23.8 Å². The predicted molar refractivity (Wildman–Crippen MR) is 99.3 cm³/mol. The van der Waals surface area contributed by atoms with Crippen LogP contribution in [-0.4, -0.2) is 79.4 Å². The number of carboxylic acids is 1. The summed E-state index contributed by atoms with van der Waals surface area (Å²) >= 11 is 0. The van der Waals surface area contributed by atoms with Gasteiger partial charge in [0.1, 0.15) is 5.82 Å². The molecular formula is C19H28FN3O4. The molecular weight excluding hydrogens is 353 g/mol. The van der Waals surface area contributed by atoms with Gasteiger partial charge in [-0.05, 0) is 24.7 Å². The molecule has 2 amide bonds. The molecule has 1 saturated heterocycles. The van der Waals surface area contributed by atoms with Crippen LogP contribution in [0.3, 0.4) is 0 Å². The van der Waals surface area contributed by atoms with E-state index in [0.717, 1.165) is 5.56 Å². The van der Waals surface area contributed by atoms with Gasteiger partial charge in [-0.15, -0.1) is 0 Å². The summed E-state index contributed by atoms with van der Waals surface area (Å²) in [5.74, 6) is -1.18. The molecule has 0 aromatic heterocycles. The zero-order valence-electron chi connectivity index (χ0n) is 16.1. The number of urea groups is 1. The monoisotopic (exact) mass is 381 g/mol. The lowest BCUT2D eigenvalue weighted by Crippen LogP contribution is -2.53. The number of carbonyl (C=O) groups excluding carboxylic acids is 1. The smallest absolute Gasteiger partial charge is 0.317 e. The molecule has 1 aromatic rings. The van der Waals surface area contributed by atoms with Gasteiger partial charge in [-0.2, -0.15) is 0 Å². The highest BCUT2D eigenvalue weighted by Gasteiger charge is 2.27. The Kier molecular flexibility index (Phi) is 7.15. The molecule has 1 unspecified atom stereocenters. The fraction of sp³-hybridized carbons (Fsp3) is 0.579. The molecule has 0 aliphatic carbocycles. The van der Waals surface area contributed by atoms with Gasteiger partial charge < -0.3 is 20.1 Å². The molecule has 7 nitrogen and oxygen atoms in total. The van der Waals surface area contributed by atoms with Crippen LogP contribution in [0.15, 0.2) is 24.3 Å². The third-order valence-corrected chi connectivity index (χ3v) is 4.65. The Morgan fingerprint density at radius 3 is 2.67 bits per heavy atom. The second-order valence-corrected chi connectivity index (χ2v) is 7.58. The number of rotatable bonds is 7. The number of hydrogen-bond donors (Lipinski definition) is 2. The van der Waals surface area contributed by atoms with Crippen LogP contribution in [0.1, 0.15) is 19.4 Å². The van der Waals surface area contributed by atoms with Crippen molar-refractivity contribution in [2.75, 3.05) is 46.4 Å². The van der Waals surface area contributed by atoms with Crippen LogP contribution in [0.25, 0.3) is 0 Å². The topological polar surface area (TPSA) is 82.1 Å². The summed E-state index contributed by atoms with van der Waals surface area (Å²) in [5, 5.41) is 11.8. The molecule has 27 heavy (non-hydrogen) atoms. The Labute approximate surface area is 159 Å². The van der Waals surface area contributed by atoms with E-state index in [4.69, 9.17) is 9.84 Å². The minimum atomic E-state index is -0.897. The van der Waals surface area contributed by atoms with Gasteiger partial charge in [-0.3, -0.25) is 9.69 Å². The summed E-state index contributed by atoms with van der Waals surface area (Å²) in [6, 6.07) is 6.10.